The van der Waals surface area contributed by atoms with Crippen molar-refractivity contribution in [2.24, 2.45) is 0 Å². The van der Waals surface area contributed by atoms with Crippen LogP contribution in [-0.2, 0) is 0 Å². The lowest BCUT2D eigenvalue weighted by atomic mass is 10.0. The molecule has 4 nitrogen and oxygen atoms in total. The maximum Gasteiger partial charge on any atom is 0.287 e. The van der Waals surface area contributed by atoms with Gasteiger partial charge in [-0.2, -0.15) is 0 Å². The zero-order valence-electron chi connectivity index (χ0n) is 10.9. The van der Waals surface area contributed by atoms with Gasteiger partial charge < -0.3 is 10.3 Å². The highest BCUT2D eigenvalue weighted by molar-refractivity contribution is 5.90. The Labute approximate surface area is 111 Å². The average Bonchev–Trinajstić information content (AvgIpc) is 2.84. The van der Waals surface area contributed by atoms with Gasteiger partial charge >= 0.3 is 0 Å². The van der Waals surface area contributed by atoms with Crippen LogP contribution in [0.4, 0.5) is 4.39 Å². The Bertz CT molecular complexity index is 562. The molecule has 5 heteroatoms. The Balaban J connectivity index is 2.11. The molecule has 0 radical (unpaired) electrons. The summed E-state index contributed by atoms with van der Waals surface area (Å²) in [5.74, 6) is -0.256. The number of hydrogen-bond acceptors (Lipinski definition) is 2. The number of aryl methyl sites for hydroxylation is 1. The Morgan fingerprint density at radius 2 is 2.11 bits per heavy atom. The molecule has 0 bridgehead atoms. The fourth-order valence-electron chi connectivity index (χ4n) is 1.87. The number of nitrogens with one attached hydrogen (secondary N) is 2. The van der Waals surface area contributed by atoms with Crippen LogP contribution in [0.1, 0.15) is 41.3 Å². The topological polar surface area (TPSA) is 57.8 Å². The summed E-state index contributed by atoms with van der Waals surface area (Å²) in [4.78, 5) is 18.9. The number of aromatic amines is 1. The molecule has 0 aliphatic carbocycles. The van der Waals surface area contributed by atoms with Gasteiger partial charge in [0.05, 0.1) is 6.04 Å². The van der Waals surface area contributed by atoms with Crippen LogP contribution in [0.15, 0.2) is 30.5 Å². The van der Waals surface area contributed by atoms with Crippen LogP contribution in [-0.4, -0.2) is 15.9 Å². The molecular formula is C14H16FN3O. The molecule has 2 aromatic rings. The number of rotatable bonds is 4. The molecule has 0 fully saturated rings. The summed E-state index contributed by atoms with van der Waals surface area (Å²) in [6.45, 7) is 3.79. The number of benzene rings is 1. The van der Waals surface area contributed by atoms with Crippen molar-refractivity contribution in [2.45, 2.75) is 26.3 Å². The third-order valence-electron chi connectivity index (χ3n) is 2.90. The molecule has 0 unspecified atom stereocenters. The van der Waals surface area contributed by atoms with Gasteiger partial charge in [-0.15, -0.1) is 0 Å². The van der Waals surface area contributed by atoms with Crippen LogP contribution >= 0.6 is 0 Å². The van der Waals surface area contributed by atoms with Crippen molar-refractivity contribution >= 4 is 5.91 Å². The molecule has 1 amide bonds. The first-order valence-electron chi connectivity index (χ1n) is 6.18. The van der Waals surface area contributed by atoms with Gasteiger partial charge in [-0.05, 0) is 31.0 Å². The highest BCUT2D eigenvalue weighted by atomic mass is 19.1. The molecule has 0 saturated carbocycles. The van der Waals surface area contributed by atoms with E-state index in [1.165, 1.54) is 12.1 Å². The number of nitrogens with zero attached hydrogens (tertiary/aromatic N) is 1. The smallest absolute Gasteiger partial charge is 0.287 e. The summed E-state index contributed by atoms with van der Waals surface area (Å²) in [5.41, 5.74) is 1.71. The van der Waals surface area contributed by atoms with E-state index in [1.807, 2.05) is 13.8 Å². The van der Waals surface area contributed by atoms with Crippen molar-refractivity contribution in [2.75, 3.05) is 0 Å². The van der Waals surface area contributed by atoms with Crippen LogP contribution in [0, 0.1) is 12.7 Å². The van der Waals surface area contributed by atoms with E-state index in [0.717, 1.165) is 17.7 Å². The average molecular weight is 261 g/mol. The van der Waals surface area contributed by atoms with Crippen molar-refractivity contribution in [3.8, 4) is 0 Å². The lowest BCUT2D eigenvalue weighted by Gasteiger charge is -2.16. The minimum Gasteiger partial charge on any atom is -0.343 e. The molecule has 19 heavy (non-hydrogen) atoms. The first-order valence-corrected chi connectivity index (χ1v) is 6.18. The van der Waals surface area contributed by atoms with Crippen LogP contribution in [0.2, 0.25) is 0 Å². The van der Waals surface area contributed by atoms with Crippen molar-refractivity contribution in [3.05, 3.63) is 53.4 Å². The molecule has 1 heterocycles. The minimum atomic E-state index is -0.286. The van der Waals surface area contributed by atoms with Gasteiger partial charge in [0.25, 0.3) is 5.91 Å². The number of hydrogen-bond donors (Lipinski definition) is 2. The lowest BCUT2D eigenvalue weighted by Crippen LogP contribution is -2.29. The summed E-state index contributed by atoms with van der Waals surface area (Å²) in [5, 5.41) is 2.88. The van der Waals surface area contributed by atoms with Gasteiger partial charge in [0.2, 0.25) is 0 Å². The number of carbonyl (C=O) groups is 1. The van der Waals surface area contributed by atoms with Gasteiger partial charge in [0, 0.05) is 11.9 Å². The summed E-state index contributed by atoms with van der Waals surface area (Å²) in [6, 6.07) is 5.98. The van der Waals surface area contributed by atoms with Crippen LogP contribution in [0.25, 0.3) is 0 Å². The van der Waals surface area contributed by atoms with Crippen molar-refractivity contribution in [1.82, 2.24) is 15.3 Å². The number of aromatic nitrogens is 2. The number of H-pyrrole nitrogens is 1. The van der Waals surface area contributed by atoms with E-state index in [-0.39, 0.29) is 23.6 Å². The Kier molecular flexibility index (Phi) is 3.94. The maximum absolute atomic E-state index is 12.9. The first kappa shape index (κ1) is 13.3. The van der Waals surface area contributed by atoms with E-state index in [1.54, 1.807) is 18.3 Å². The van der Waals surface area contributed by atoms with Crippen LogP contribution in [0.3, 0.4) is 0 Å². The monoisotopic (exact) mass is 261 g/mol. The van der Waals surface area contributed by atoms with Gasteiger partial charge in [-0.1, -0.05) is 19.1 Å². The molecular weight excluding hydrogens is 245 g/mol. The first-order chi connectivity index (χ1) is 9.10. The van der Waals surface area contributed by atoms with Gasteiger partial charge in [0.15, 0.2) is 5.82 Å². The standard InChI is InChI=1S/C14H16FN3O/c1-3-12(10-4-6-11(15)7-5-10)18-14(19)13-16-8-9(2)17-13/h4-8,12H,3H2,1-2H3,(H,16,17)(H,18,19)/t12-/m1/s1. The second-order valence-corrected chi connectivity index (χ2v) is 4.40. The molecule has 2 N–H and O–H groups in total. The minimum absolute atomic E-state index is 0.154. The van der Waals surface area contributed by atoms with Crippen molar-refractivity contribution < 1.29 is 9.18 Å². The molecule has 1 atom stereocenters. The van der Waals surface area contributed by atoms with Crippen LogP contribution < -0.4 is 5.32 Å². The normalized spacial score (nSPS) is 12.2. The van der Waals surface area contributed by atoms with Gasteiger partial charge in [-0.25, -0.2) is 9.37 Å². The Morgan fingerprint density at radius 1 is 1.42 bits per heavy atom. The number of amides is 1. The predicted molar refractivity (Wildman–Crippen MR) is 70.2 cm³/mol. The van der Waals surface area contributed by atoms with E-state index in [4.69, 9.17) is 0 Å². The highest BCUT2D eigenvalue weighted by Gasteiger charge is 2.16. The van der Waals surface area contributed by atoms with E-state index in [2.05, 4.69) is 15.3 Å². The zero-order chi connectivity index (χ0) is 13.8. The molecule has 1 aromatic heterocycles. The van der Waals surface area contributed by atoms with E-state index < -0.39 is 0 Å². The van der Waals surface area contributed by atoms with Gasteiger partial charge in [0.1, 0.15) is 5.82 Å². The molecule has 1 aromatic carbocycles. The number of halogens is 1. The fraction of sp³-hybridized carbons (Fsp3) is 0.286. The Morgan fingerprint density at radius 3 is 2.63 bits per heavy atom. The quantitative estimate of drug-likeness (QED) is 0.889. The van der Waals surface area contributed by atoms with Gasteiger partial charge in [-0.3, -0.25) is 4.79 Å². The van der Waals surface area contributed by atoms with E-state index in [0.29, 0.717) is 0 Å². The summed E-state index contributed by atoms with van der Waals surface area (Å²) < 4.78 is 12.9. The maximum atomic E-state index is 12.9. The second-order valence-electron chi connectivity index (χ2n) is 4.40. The van der Waals surface area contributed by atoms with Crippen LogP contribution in [0.5, 0.6) is 0 Å². The molecule has 100 valence electrons. The van der Waals surface area contributed by atoms with E-state index >= 15 is 0 Å². The zero-order valence-corrected chi connectivity index (χ0v) is 10.9. The largest absolute Gasteiger partial charge is 0.343 e. The molecule has 0 aliphatic rings. The fourth-order valence-corrected chi connectivity index (χ4v) is 1.87. The predicted octanol–water partition coefficient (Wildman–Crippen LogP) is 2.74. The van der Waals surface area contributed by atoms with Crippen molar-refractivity contribution in [3.63, 3.8) is 0 Å². The third kappa shape index (κ3) is 3.19. The molecule has 0 aliphatic heterocycles. The van der Waals surface area contributed by atoms with E-state index in [9.17, 15) is 9.18 Å². The molecule has 0 saturated heterocycles. The number of imidazole rings is 1. The summed E-state index contributed by atoms with van der Waals surface area (Å²) >= 11 is 0. The second kappa shape index (κ2) is 5.65. The lowest BCUT2D eigenvalue weighted by molar-refractivity contribution is 0.0926. The summed E-state index contributed by atoms with van der Waals surface area (Å²) in [6.07, 6.45) is 2.32. The Hall–Kier alpha value is -2.17. The molecule has 0 spiro atoms. The van der Waals surface area contributed by atoms with Crippen molar-refractivity contribution in [1.29, 1.82) is 0 Å². The SMILES string of the molecule is CC[C@@H](NC(=O)c1ncc(C)[nH]1)c1ccc(F)cc1. The molecule has 2 rings (SSSR count). The number of carbonyl (C=O) groups excluding carboxylic acids is 1. The highest BCUT2D eigenvalue weighted by Crippen LogP contribution is 2.17. The summed E-state index contributed by atoms with van der Waals surface area (Å²) in [7, 11) is 0. The third-order valence-corrected chi connectivity index (χ3v) is 2.90.